The molecule has 3 heteroatoms. The van der Waals surface area contributed by atoms with Crippen LogP contribution >= 0.6 is 0 Å². The number of rotatable bonds is 7. The Morgan fingerprint density at radius 2 is 2.33 bits per heavy atom. The third-order valence-electron chi connectivity index (χ3n) is 3.03. The highest BCUT2D eigenvalue weighted by atomic mass is 16.3. The van der Waals surface area contributed by atoms with Crippen LogP contribution in [0.2, 0.25) is 0 Å². The molecule has 15 heavy (non-hydrogen) atoms. The summed E-state index contributed by atoms with van der Waals surface area (Å²) in [7, 11) is 0. The molecule has 0 aliphatic carbocycles. The van der Waals surface area contributed by atoms with Gasteiger partial charge in [0.25, 0.3) is 0 Å². The molecule has 0 amide bonds. The maximum Gasteiger partial charge on any atom is 0.105 e. The second-order valence-electron chi connectivity index (χ2n) is 4.37. The van der Waals surface area contributed by atoms with Crippen LogP contribution in [0.4, 0.5) is 0 Å². The van der Waals surface area contributed by atoms with Gasteiger partial charge in [0, 0.05) is 19.5 Å². The van der Waals surface area contributed by atoms with Crippen molar-refractivity contribution in [1.82, 2.24) is 5.32 Å². The molecule has 0 saturated carbocycles. The molecule has 86 valence electrons. The van der Waals surface area contributed by atoms with Crippen LogP contribution in [0.15, 0.2) is 22.8 Å². The first-order chi connectivity index (χ1) is 7.20. The van der Waals surface area contributed by atoms with Gasteiger partial charge in [0.1, 0.15) is 5.76 Å². The molecule has 0 aliphatic rings. The number of hydrogen-bond donors (Lipinski definition) is 2. The highest BCUT2D eigenvalue weighted by Gasteiger charge is 2.18. The van der Waals surface area contributed by atoms with Crippen LogP contribution in [0.1, 0.15) is 26.0 Å². The number of hydrogen-bond acceptors (Lipinski definition) is 3. The lowest BCUT2D eigenvalue weighted by Crippen LogP contribution is -2.38. The quantitative estimate of drug-likeness (QED) is 0.675. The molecular weight excluding hydrogens is 188 g/mol. The standard InChI is InChI=1S/C12H22N2O/c1-3-12(2,9-13)10-14-7-6-11-5-4-8-15-11/h4-5,8,14H,3,6-7,9-10,13H2,1-2H3. The molecule has 1 atom stereocenters. The fourth-order valence-electron chi connectivity index (χ4n) is 1.40. The lowest BCUT2D eigenvalue weighted by atomic mass is 9.88. The van der Waals surface area contributed by atoms with Crippen LogP contribution in [0.5, 0.6) is 0 Å². The van der Waals surface area contributed by atoms with Crippen LogP contribution in [-0.2, 0) is 6.42 Å². The molecule has 0 aromatic carbocycles. The summed E-state index contributed by atoms with van der Waals surface area (Å²) in [5.74, 6) is 1.04. The van der Waals surface area contributed by atoms with E-state index in [-0.39, 0.29) is 5.41 Å². The van der Waals surface area contributed by atoms with Gasteiger partial charge in [0.2, 0.25) is 0 Å². The lowest BCUT2D eigenvalue weighted by molar-refractivity contribution is 0.303. The zero-order chi connectivity index (χ0) is 11.1. The van der Waals surface area contributed by atoms with E-state index in [0.717, 1.165) is 38.2 Å². The summed E-state index contributed by atoms with van der Waals surface area (Å²) in [6.45, 7) is 7.05. The van der Waals surface area contributed by atoms with Gasteiger partial charge in [-0.05, 0) is 30.5 Å². The van der Waals surface area contributed by atoms with E-state index in [9.17, 15) is 0 Å². The number of nitrogens with two attached hydrogens (primary N) is 1. The molecular formula is C12H22N2O. The molecule has 1 aromatic heterocycles. The van der Waals surface area contributed by atoms with Crippen molar-refractivity contribution in [3.63, 3.8) is 0 Å². The van der Waals surface area contributed by atoms with Crippen molar-refractivity contribution in [3.05, 3.63) is 24.2 Å². The molecule has 0 aliphatic heterocycles. The Morgan fingerprint density at radius 1 is 1.53 bits per heavy atom. The molecule has 1 rings (SSSR count). The van der Waals surface area contributed by atoms with Crippen LogP contribution < -0.4 is 11.1 Å². The Labute approximate surface area is 92.0 Å². The van der Waals surface area contributed by atoms with Gasteiger partial charge < -0.3 is 15.5 Å². The van der Waals surface area contributed by atoms with Crippen molar-refractivity contribution in [3.8, 4) is 0 Å². The van der Waals surface area contributed by atoms with Crippen molar-refractivity contribution in [2.24, 2.45) is 11.1 Å². The molecule has 0 spiro atoms. The van der Waals surface area contributed by atoms with Gasteiger partial charge in [-0.1, -0.05) is 13.8 Å². The van der Waals surface area contributed by atoms with E-state index in [2.05, 4.69) is 19.2 Å². The second kappa shape index (κ2) is 5.93. The first kappa shape index (κ1) is 12.3. The Morgan fingerprint density at radius 3 is 2.87 bits per heavy atom. The molecule has 0 fully saturated rings. The molecule has 1 aromatic rings. The summed E-state index contributed by atoms with van der Waals surface area (Å²) >= 11 is 0. The largest absolute Gasteiger partial charge is 0.469 e. The summed E-state index contributed by atoms with van der Waals surface area (Å²) in [6.07, 6.45) is 3.76. The normalized spacial score (nSPS) is 15.1. The maximum absolute atomic E-state index is 5.74. The highest BCUT2D eigenvalue weighted by molar-refractivity contribution is 4.98. The van der Waals surface area contributed by atoms with Gasteiger partial charge in [0.15, 0.2) is 0 Å². The number of nitrogens with one attached hydrogen (secondary N) is 1. The van der Waals surface area contributed by atoms with E-state index < -0.39 is 0 Å². The average molecular weight is 210 g/mol. The van der Waals surface area contributed by atoms with E-state index >= 15 is 0 Å². The van der Waals surface area contributed by atoms with E-state index in [1.54, 1.807) is 6.26 Å². The van der Waals surface area contributed by atoms with E-state index in [1.165, 1.54) is 0 Å². The van der Waals surface area contributed by atoms with Crippen molar-refractivity contribution in [2.75, 3.05) is 19.6 Å². The maximum atomic E-state index is 5.74. The Bertz CT molecular complexity index is 253. The topological polar surface area (TPSA) is 51.2 Å². The molecule has 3 N–H and O–H groups in total. The lowest BCUT2D eigenvalue weighted by Gasteiger charge is -2.26. The minimum Gasteiger partial charge on any atom is -0.469 e. The first-order valence-electron chi connectivity index (χ1n) is 5.63. The third kappa shape index (κ3) is 4.06. The van der Waals surface area contributed by atoms with Crippen LogP contribution in [0, 0.1) is 5.41 Å². The molecule has 0 saturated heterocycles. The van der Waals surface area contributed by atoms with Crippen molar-refractivity contribution >= 4 is 0 Å². The van der Waals surface area contributed by atoms with Crippen molar-refractivity contribution in [1.29, 1.82) is 0 Å². The highest BCUT2D eigenvalue weighted by Crippen LogP contribution is 2.17. The Hall–Kier alpha value is -0.800. The van der Waals surface area contributed by atoms with Gasteiger partial charge in [0.05, 0.1) is 6.26 Å². The summed E-state index contributed by atoms with van der Waals surface area (Å²) in [4.78, 5) is 0. The zero-order valence-electron chi connectivity index (χ0n) is 9.75. The minimum absolute atomic E-state index is 0.225. The van der Waals surface area contributed by atoms with Crippen LogP contribution in [-0.4, -0.2) is 19.6 Å². The van der Waals surface area contributed by atoms with Crippen molar-refractivity contribution < 1.29 is 4.42 Å². The molecule has 0 radical (unpaired) electrons. The Kier molecular flexibility index (Phi) is 4.85. The monoisotopic (exact) mass is 210 g/mol. The molecule has 3 nitrogen and oxygen atoms in total. The van der Waals surface area contributed by atoms with Gasteiger partial charge >= 0.3 is 0 Å². The van der Waals surface area contributed by atoms with Crippen molar-refractivity contribution in [2.45, 2.75) is 26.7 Å². The van der Waals surface area contributed by atoms with Gasteiger partial charge in [-0.2, -0.15) is 0 Å². The summed E-state index contributed by atoms with van der Waals surface area (Å²) in [6, 6.07) is 3.93. The zero-order valence-corrected chi connectivity index (χ0v) is 9.75. The van der Waals surface area contributed by atoms with E-state index in [4.69, 9.17) is 10.2 Å². The van der Waals surface area contributed by atoms with Gasteiger partial charge in [-0.15, -0.1) is 0 Å². The molecule has 1 unspecified atom stereocenters. The molecule has 1 heterocycles. The van der Waals surface area contributed by atoms with Crippen LogP contribution in [0.3, 0.4) is 0 Å². The number of furan rings is 1. The van der Waals surface area contributed by atoms with Gasteiger partial charge in [-0.25, -0.2) is 0 Å². The first-order valence-corrected chi connectivity index (χ1v) is 5.63. The second-order valence-corrected chi connectivity index (χ2v) is 4.37. The smallest absolute Gasteiger partial charge is 0.105 e. The molecule has 0 bridgehead atoms. The summed E-state index contributed by atoms with van der Waals surface area (Å²) < 4.78 is 5.25. The minimum atomic E-state index is 0.225. The summed E-state index contributed by atoms with van der Waals surface area (Å²) in [5, 5.41) is 3.43. The third-order valence-corrected chi connectivity index (χ3v) is 3.03. The Balaban J connectivity index is 2.16. The predicted octanol–water partition coefficient (Wildman–Crippen LogP) is 1.79. The van der Waals surface area contributed by atoms with Gasteiger partial charge in [-0.3, -0.25) is 0 Å². The SMILES string of the molecule is CCC(C)(CN)CNCCc1ccco1. The fourth-order valence-corrected chi connectivity index (χ4v) is 1.40. The average Bonchev–Trinajstić information content (AvgIpc) is 2.77. The summed E-state index contributed by atoms with van der Waals surface area (Å²) in [5.41, 5.74) is 5.96. The predicted molar refractivity (Wildman–Crippen MR) is 62.7 cm³/mol. The fraction of sp³-hybridized carbons (Fsp3) is 0.667. The van der Waals surface area contributed by atoms with E-state index in [1.807, 2.05) is 12.1 Å². The van der Waals surface area contributed by atoms with Crippen LogP contribution in [0.25, 0.3) is 0 Å². The van der Waals surface area contributed by atoms with E-state index in [0.29, 0.717) is 0 Å².